The van der Waals surface area contributed by atoms with E-state index in [1.165, 1.54) is 0 Å². The predicted molar refractivity (Wildman–Crippen MR) is 133 cm³/mol. The number of fused-ring (bicyclic) bond motifs is 3. The van der Waals surface area contributed by atoms with Gasteiger partial charge in [-0.15, -0.1) is 6.58 Å². The van der Waals surface area contributed by atoms with Crippen LogP contribution in [0, 0.1) is 11.3 Å². The molecule has 5 nitrogen and oxygen atoms in total. The zero-order valence-corrected chi connectivity index (χ0v) is 18.7. The summed E-state index contributed by atoms with van der Waals surface area (Å²) in [5, 5.41) is 16.5. The summed E-state index contributed by atoms with van der Waals surface area (Å²) in [4.78, 5) is 8.97. The molecule has 0 radical (unpaired) electrons. The lowest BCUT2D eigenvalue weighted by Crippen LogP contribution is -2.13. The third-order valence-electron chi connectivity index (χ3n) is 6.04. The van der Waals surface area contributed by atoms with Crippen LogP contribution in [0.4, 0.5) is 0 Å². The molecule has 0 aliphatic heterocycles. The van der Waals surface area contributed by atoms with Crippen molar-refractivity contribution in [2.24, 2.45) is 0 Å². The van der Waals surface area contributed by atoms with Crippen molar-refractivity contribution in [2.75, 3.05) is 0 Å². The van der Waals surface area contributed by atoms with Crippen molar-refractivity contribution in [3.05, 3.63) is 91.4 Å². The van der Waals surface area contributed by atoms with Gasteiger partial charge in [-0.25, -0.2) is 0 Å². The number of hydrogen-bond donors (Lipinski definition) is 0. The maximum absolute atomic E-state index is 9.49. The van der Waals surface area contributed by atoms with Gasteiger partial charge < -0.3 is 0 Å². The van der Waals surface area contributed by atoms with E-state index in [4.69, 9.17) is 10.1 Å². The van der Waals surface area contributed by atoms with Crippen molar-refractivity contribution in [1.29, 1.82) is 5.26 Å². The van der Waals surface area contributed by atoms with Gasteiger partial charge in [0.05, 0.1) is 35.3 Å². The molecule has 160 valence electrons. The Morgan fingerprint density at radius 3 is 2.52 bits per heavy atom. The fourth-order valence-electron chi connectivity index (χ4n) is 4.14. The Kier molecular flexibility index (Phi) is 4.99. The van der Waals surface area contributed by atoms with Crippen LogP contribution in [0.5, 0.6) is 0 Å². The van der Waals surface area contributed by atoms with E-state index >= 15 is 0 Å². The van der Waals surface area contributed by atoms with Gasteiger partial charge in [-0.1, -0.05) is 42.5 Å². The molecule has 0 amide bonds. The van der Waals surface area contributed by atoms with Crippen LogP contribution in [0.15, 0.2) is 85.8 Å². The van der Waals surface area contributed by atoms with Gasteiger partial charge in [0.1, 0.15) is 5.69 Å². The fourth-order valence-corrected chi connectivity index (χ4v) is 4.14. The number of benzene rings is 2. The van der Waals surface area contributed by atoms with E-state index in [0.29, 0.717) is 6.54 Å². The van der Waals surface area contributed by atoms with Crippen molar-refractivity contribution >= 4 is 21.8 Å². The average molecular weight is 430 g/mol. The average Bonchev–Trinajstić information content (AvgIpc) is 3.23. The first kappa shape index (κ1) is 20.6. The summed E-state index contributed by atoms with van der Waals surface area (Å²) in [5.74, 6) is 0. The van der Waals surface area contributed by atoms with Gasteiger partial charge in [-0.3, -0.25) is 14.6 Å². The van der Waals surface area contributed by atoms with Gasteiger partial charge in [-0.2, -0.15) is 10.4 Å². The van der Waals surface area contributed by atoms with E-state index in [0.717, 1.165) is 49.8 Å². The molecule has 3 heterocycles. The van der Waals surface area contributed by atoms with Gasteiger partial charge in [0.25, 0.3) is 0 Å². The van der Waals surface area contributed by atoms with E-state index in [1.807, 2.05) is 73.4 Å². The van der Waals surface area contributed by atoms with Crippen molar-refractivity contribution in [3.63, 3.8) is 0 Å². The van der Waals surface area contributed by atoms with E-state index < -0.39 is 5.41 Å². The molecule has 5 heteroatoms. The third-order valence-corrected chi connectivity index (χ3v) is 6.04. The van der Waals surface area contributed by atoms with Gasteiger partial charge in [-0.05, 0) is 43.2 Å². The maximum atomic E-state index is 9.49. The van der Waals surface area contributed by atoms with Crippen LogP contribution in [0.3, 0.4) is 0 Å². The Labute approximate surface area is 192 Å². The highest BCUT2D eigenvalue weighted by Gasteiger charge is 2.21. The molecule has 2 aromatic carbocycles. The van der Waals surface area contributed by atoms with E-state index in [9.17, 15) is 5.26 Å². The van der Waals surface area contributed by atoms with E-state index in [-0.39, 0.29) is 0 Å². The molecule has 0 saturated heterocycles. The summed E-state index contributed by atoms with van der Waals surface area (Å²) in [5.41, 5.74) is 6.34. The van der Waals surface area contributed by atoms with Gasteiger partial charge in [0.15, 0.2) is 0 Å². The topological polar surface area (TPSA) is 67.4 Å². The monoisotopic (exact) mass is 429 g/mol. The molecule has 0 spiro atoms. The smallest absolute Gasteiger partial charge is 0.101 e. The molecule has 0 aliphatic rings. The van der Waals surface area contributed by atoms with E-state index in [2.05, 4.69) is 35.8 Å². The summed E-state index contributed by atoms with van der Waals surface area (Å²) in [7, 11) is 0. The highest BCUT2D eigenvalue weighted by molar-refractivity contribution is 6.12. The van der Waals surface area contributed by atoms with Crippen LogP contribution in [0.1, 0.15) is 19.4 Å². The number of rotatable bonds is 5. The second-order valence-electron chi connectivity index (χ2n) is 8.63. The Morgan fingerprint density at radius 1 is 1.03 bits per heavy atom. The summed E-state index contributed by atoms with van der Waals surface area (Å²) >= 11 is 0. The first-order chi connectivity index (χ1) is 16.0. The molecule has 5 aromatic rings. The first-order valence-corrected chi connectivity index (χ1v) is 10.8. The zero-order valence-electron chi connectivity index (χ0n) is 18.7. The molecule has 33 heavy (non-hydrogen) atoms. The molecule has 0 atom stereocenters. The number of allylic oxidation sites excluding steroid dienone is 1. The second kappa shape index (κ2) is 7.99. The molecule has 0 aliphatic carbocycles. The molecule has 0 unspecified atom stereocenters. The summed E-state index contributed by atoms with van der Waals surface area (Å²) in [6.45, 7) is 8.33. The van der Waals surface area contributed by atoms with Gasteiger partial charge >= 0.3 is 0 Å². The summed E-state index contributed by atoms with van der Waals surface area (Å²) in [6.07, 6.45) is 7.37. The Morgan fingerprint density at radius 2 is 1.82 bits per heavy atom. The molecule has 0 saturated carbocycles. The molecule has 0 fully saturated rings. The van der Waals surface area contributed by atoms with Crippen molar-refractivity contribution in [2.45, 2.75) is 25.8 Å². The largest absolute Gasteiger partial charge is 0.264 e. The van der Waals surface area contributed by atoms with Crippen molar-refractivity contribution in [1.82, 2.24) is 19.7 Å². The molecule has 0 bridgehead atoms. The lowest BCUT2D eigenvalue weighted by Gasteiger charge is -2.15. The minimum Gasteiger partial charge on any atom is -0.264 e. The molecular weight excluding hydrogens is 406 g/mol. The Bertz CT molecular complexity index is 1520. The predicted octanol–water partition coefficient (Wildman–Crippen LogP) is 6.30. The van der Waals surface area contributed by atoms with Crippen LogP contribution in [0.2, 0.25) is 0 Å². The van der Waals surface area contributed by atoms with Gasteiger partial charge in [0.2, 0.25) is 0 Å². The zero-order chi connectivity index (χ0) is 23.0. The van der Waals surface area contributed by atoms with Crippen LogP contribution in [-0.2, 0) is 12.0 Å². The van der Waals surface area contributed by atoms with Crippen LogP contribution < -0.4 is 0 Å². The number of nitrogens with zero attached hydrogens (tertiary/aromatic N) is 5. The Hall–Kier alpha value is -4.30. The van der Waals surface area contributed by atoms with Crippen molar-refractivity contribution in [3.8, 4) is 28.5 Å². The summed E-state index contributed by atoms with van der Waals surface area (Å²) in [6, 6.07) is 20.8. The van der Waals surface area contributed by atoms with Crippen LogP contribution >= 0.6 is 0 Å². The van der Waals surface area contributed by atoms with E-state index in [1.54, 1.807) is 6.20 Å². The lowest BCUT2D eigenvalue weighted by atomic mass is 9.86. The Balaban J connectivity index is 1.76. The molecular formula is C28H23N5. The lowest BCUT2D eigenvalue weighted by molar-refractivity contribution is 0.687. The molecule has 0 N–H and O–H groups in total. The van der Waals surface area contributed by atoms with Crippen LogP contribution in [0.25, 0.3) is 44.2 Å². The molecule has 5 rings (SSSR count). The highest BCUT2D eigenvalue weighted by atomic mass is 15.3. The number of aromatic nitrogens is 4. The minimum atomic E-state index is -0.544. The van der Waals surface area contributed by atoms with Gasteiger partial charge in [0, 0.05) is 34.3 Å². The number of hydrogen-bond acceptors (Lipinski definition) is 4. The minimum absolute atomic E-state index is 0.544. The third kappa shape index (κ3) is 3.56. The SMILES string of the molecule is C=CCn1nc(-c2ccc(C(C)(C)C#N)cc2)c2c3cc(-c4cccnc4)ccc3ncc21. The number of pyridine rings is 2. The first-order valence-electron chi connectivity index (χ1n) is 10.8. The molecule has 3 aromatic heterocycles. The highest BCUT2D eigenvalue weighted by Crippen LogP contribution is 2.36. The normalized spacial score (nSPS) is 11.5. The maximum Gasteiger partial charge on any atom is 0.101 e. The number of nitriles is 1. The van der Waals surface area contributed by atoms with Crippen LogP contribution in [-0.4, -0.2) is 19.7 Å². The van der Waals surface area contributed by atoms with Crippen molar-refractivity contribution < 1.29 is 0 Å². The second-order valence-corrected chi connectivity index (χ2v) is 8.63. The summed E-state index contributed by atoms with van der Waals surface area (Å²) < 4.78 is 1.94. The standard InChI is InChI=1S/C28H23N5/c1-4-14-33-25-17-31-24-12-9-20(21-6-5-13-30-16-21)15-23(24)26(25)27(32-33)19-7-10-22(11-8-19)28(2,3)18-29/h4-13,15-17H,1,14H2,2-3H3. The fraction of sp³-hybridized carbons (Fsp3) is 0.143. The quantitative estimate of drug-likeness (QED) is 0.307.